The summed E-state index contributed by atoms with van der Waals surface area (Å²) in [6.07, 6.45) is 0. The zero-order chi connectivity index (χ0) is 17.6. The number of aromatic nitrogens is 3. The summed E-state index contributed by atoms with van der Waals surface area (Å²) < 4.78 is 10.8. The van der Waals surface area contributed by atoms with Gasteiger partial charge < -0.3 is 20.0 Å². The number of nitrogens with zero attached hydrogens (tertiary/aromatic N) is 5. The number of hydrogen-bond acceptors (Lipinski definition) is 9. The first-order valence-electron chi connectivity index (χ1n) is 8.11. The molecule has 1 aromatic rings. The number of anilines is 2. The van der Waals surface area contributed by atoms with E-state index in [4.69, 9.17) is 15.2 Å². The third kappa shape index (κ3) is 4.51. The largest absolute Gasteiger partial charge is 0.376 e. The standard InChI is InChI=1S/C14H21N7O4/c1-10(22)25-19-11(15)12-16-13(20-2-6-23-7-3-20)18-14(17-12)21-4-8-24-9-5-21/h2-9H2,1H3,(H2,15,19)/p+1. The van der Waals surface area contributed by atoms with Crippen LogP contribution in [0.25, 0.3) is 0 Å². The van der Waals surface area contributed by atoms with Gasteiger partial charge in [-0.2, -0.15) is 0 Å². The van der Waals surface area contributed by atoms with Crippen LogP contribution in [0.3, 0.4) is 0 Å². The molecule has 0 aliphatic carbocycles. The molecule has 3 heterocycles. The van der Waals surface area contributed by atoms with Gasteiger partial charge in [0, 0.05) is 6.92 Å². The Balaban J connectivity index is 1.92. The summed E-state index contributed by atoms with van der Waals surface area (Å²) in [5.74, 6) is 0.815. The zero-order valence-electron chi connectivity index (χ0n) is 14.1. The molecule has 2 aliphatic rings. The van der Waals surface area contributed by atoms with E-state index >= 15 is 0 Å². The van der Waals surface area contributed by atoms with E-state index < -0.39 is 5.97 Å². The first-order valence-corrected chi connectivity index (χ1v) is 8.11. The van der Waals surface area contributed by atoms with Gasteiger partial charge >= 0.3 is 17.9 Å². The molecule has 0 unspecified atom stereocenters. The van der Waals surface area contributed by atoms with Crippen molar-refractivity contribution in [2.24, 2.45) is 10.9 Å². The molecule has 0 saturated carbocycles. The van der Waals surface area contributed by atoms with Gasteiger partial charge in [-0.15, -0.1) is 0 Å². The molecule has 2 saturated heterocycles. The van der Waals surface area contributed by atoms with Crippen molar-refractivity contribution in [3.05, 3.63) is 5.82 Å². The third-order valence-electron chi connectivity index (χ3n) is 3.77. The number of H-pyrrole nitrogens is 1. The topological polar surface area (TPSA) is 130 Å². The van der Waals surface area contributed by atoms with Crippen molar-refractivity contribution in [2.45, 2.75) is 6.92 Å². The highest BCUT2D eigenvalue weighted by Crippen LogP contribution is 2.12. The van der Waals surface area contributed by atoms with Crippen LogP contribution in [0, 0.1) is 0 Å². The third-order valence-corrected chi connectivity index (χ3v) is 3.77. The van der Waals surface area contributed by atoms with Crippen molar-refractivity contribution >= 4 is 23.7 Å². The highest BCUT2D eigenvalue weighted by atomic mass is 16.7. The number of aromatic amines is 1. The van der Waals surface area contributed by atoms with Gasteiger partial charge in [-0.3, -0.25) is 9.80 Å². The van der Waals surface area contributed by atoms with E-state index in [2.05, 4.69) is 34.7 Å². The molecule has 0 aromatic carbocycles. The fraction of sp³-hybridized carbons (Fsp3) is 0.643. The summed E-state index contributed by atoms with van der Waals surface area (Å²) >= 11 is 0. The van der Waals surface area contributed by atoms with E-state index in [9.17, 15) is 4.79 Å². The van der Waals surface area contributed by atoms with Gasteiger partial charge in [0.2, 0.25) is 5.84 Å². The zero-order valence-corrected chi connectivity index (χ0v) is 14.1. The summed E-state index contributed by atoms with van der Waals surface area (Å²) in [6, 6.07) is 0. The Labute approximate surface area is 144 Å². The van der Waals surface area contributed by atoms with E-state index in [1.54, 1.807) is 0 Å². The van der Waals surface area contributed by atoms with Crippen molar-refractivity contribution in [1.82, 2.24) is 9.97 Å². The smallest absolute Gasteiger partial charge is 0.332 e. The molecule has 11 nitrogen and oxygen atoms in total. The molecular formula is C14H22N7O4+. The van der Waals surface area contributed by atoms with Crippen LogP contribution in [-0.4, -0.2) is 74.4 Å². The van der Waals surface area contributed by atoms with Gasteiger partial charge in [-0.05, 0) is 0 Å². The maximum absolute atomic E-state index is 10.9. The van der Waals surface area contributed by atoms with Gasteiger partial charge in [0.15, 0.2) is 0 Å². The maximum atomic E-state index is 10.9. The predicted molar refractivity (Wildman–Crippen MR) is 87.1 cm³/mol. The average molecular weight is 352 g/mol. The minimum absolute atomic E-state index is 0.0618. The monoisotopic (exact) mass is 352 g/mol. The molecule has 2 aliphatic heterocycles. The summed E-state index contributed by atoms with van der Waals surface area (Å²) in [7, 11) is 0. The summed E-state index contributed by atoms with van der Waals surface area (Å²) in [6.45, 7) is 6.55. The molecule has 0 bridgehead atoms. The molecule has 0 spiro atoms. The number of morpholine rings is 2. The lowest BCUT2D eigenvalue weighted by Crippen LogP contribution is -2.45. The second kappa shape index (κ2) is 8.03. The van der Waals surface area contributed by atoms with Gasteiger partial charge in [-0.25, -0.2) is 9.78 Å². The van der Waals surface area contributed by atoms with Gasteiger partial charge in [-0.1, -0.05) is 15.1 Å². The van der Waals surface area contributed by atoms with Gasteiger partial charge in [0.25, 0.3) is 5.82 Å². The Bertz CT molecular complexity index is 606. The number of nitrogens with one attached hydrogen (secondary N) is 1. The van der Waals surface area contributed by atoms with Crippen LogP contribution in [0.15, 0.2) is 5.16 Å². The molecule has 25 heavy (non-hydrogen) atoms. The fourth-order valence-electron chi connectivity index (χ4n) is 2.50. The molecule has 1 aromatic heterocycles. The number of hydrogen-bond donors (Lipinski definition) is 1. The van der Waals surface area contributed by atoms with Crippen LogP contribution < -0.4 is 20.5 Å². The fourth-order valence-corrected chi connectivity index (χ4v) is 2.50. The predicted octanol–water partition coefficient (Wildman–Crippen LogP) is -1.85. The number of rotatable bonds is 4. The van der Waals surface area contributed by atoms with Crippen LogP contribution in [0.2, 0.25) is 0 Å². The van der Waals surface area contributed by atoms with E-state index in [-0.39, 0.29) is 11.7 Å². The number of amidine groups is 1. The number of carbonyl (C=O) groups excluding carboxylic acids is 1. The first-order chi connectivity index (χ1) is 12.1. The Hall–Kier alpha value is -2.53. The van der Waals surface area contributed by atoms with E-state index in [0.29, 0.717) is 64.5 Å². The molecule has 0 atom stereocenters. The van der Waals surface area contributed by atoms with E-state index in [1.807, 2.05) is 0 Å². The Morgan fingerprint density at radius 1 is 1.08 bits per heavy atom. The van der Waals surface area contributed by atoms with Gasteiger partial charge in [0.1, 0.15) is 0 Å². The molecule has 0 radical (unpaired) electrons. The second-order valence-electron chi connectivity index (χ2n) is 5.58. The van der Waals surface area contributed by atoms with Crippen molar-refractivity contribution in [2.75, 3.05) is 62.4 Å². The minimum Gasteiger partial charge on any atom is -0.376 e. The lowest BCUT2D eigenvalue weighted by molar-refractivity contribution is -0.359. The van der Waals surface area contributed by atoms with Crippen LogP contribution in [0.4, 0.5) is 11.9 Å². The highest BCUT2D eigenvalue weighted by molar-refractivity contribution is 5.94. The normalized spacial score (nSPS) is 19.0. The molecular weight excluding hydrogens is 330 g/mol. The molecule has 0 amide bonds. The van der Waals surface area contributed by atoms with Crippen molar-refractivity contribution < 1.29 is 24.1 Å². The van der Waals surface area contributed by atoms with Crippen molar-refractivity contribution in [3.63, 3.8) is 0 Å². The van der Waals surface area contributed by atoms with Gasteiger partial charge in [0.05, 0.1) is 52.6 Å². The van der Waals surface area contributed by atoms with E-state index in [1.165, 1.54) is 6.92 Å². The number of ether oxygens (including phenoxy) is 2. The highest BCUT2D eigenvalue weighted by Gasteiger charge is 2.26. The molecule has 3 rings (SSSR count). The van der Waals surface area contributed by atoms with Crippen LogP contribution >= 0.6 is 0 Å². The number of carbonyl (C=O) groups is 1. The van der Waals surface area contributed by atoms with Crippen LogP contribution in [-0.2, 0) is 19.1 Å². The molecule has 11 heteroatoms. The average Bonchev–Trinajstić information content (AvgIpc) is 2.67. The van der Waals surface area contributed by atoms with Crippen molar-refractivity contribution in [3.8, 4) is 0 Å². The summed E-state index contributed by atoms with van der Waals surface area (Å²) in [5, 5.41) is 3.59. The summed E-state index contributed by atoms with van der Waals surface area (Å²) in [4.78, 5) is 31.7. The lowest BCUT2D eigenvalue weighted by Gasteiger charge is -2.26. The lowest BCUT2D eigenvalue weighted by atomic mass is 10.4. The number of nitrogens with two attached hydrogens (primary N) is 1. The minimum atomic E-state index is -0.563. The number of oxime groups is 1. The maximum Gasteiger partial charge on any atom is 0.332 e. The molecule has 3 N–H and O–H groups in total. The molecule has 136 valence electrons. The first kappa shape index (κ1) is 17.3. The Morgan fingerprint density at radius 2 is 1.56 bits per heavy atom. The van der Waals surface area contributed by atoms with Crippen molar-refractivity contribution in [1.29, 1.82) is 0 Å². The van der Waals surface area contributed by atoms with E-state index in [0.717, 1.165) is 0 Å². The second-order valence-corrected chi connectivity index (χ2v) is 5.58. The Kier molecular flexibility index (Phi) is 5.56. The van der Waals surface area contributed by atoms with Crippen LogP contribution in [0.1, 0.15) is 12.7 Å². The van der Waals surface area contributed by atoms with Crippen LogP contribution in [0.5, 0.6) is 0 Å². The SMILES string of the molecule is CC(=O)ON=C(N)c1nc(N2CCOCC2)[nH+]c(N2CCOCC2)n1. The quantitative estimate of drug-likeness (QED) is 0.287. The Morgan fingerprint density at radius 3 is 2.00 bits per heavy atom. The molecule has 2 fully saturated rings. The summed E-state index contributed by atoms with van der Waals surface area (Å²) in [5.41, 5.74) is 5.89.